The van der Waals surface area contributed by atoms with Crippen LogP contribution in [0.3, 0.4) is 0 Å². The summed E-state index contributed by atoms with van der Waals surface area (Å²) in [7, 11) is 0. The Balaban J connectivity index is -0.00000000450. The molecular formula is CH2CaFeMgO5. The third kappa shape index (κ3) is 193. The van der Waals surface area contributed by atoms with E-state index in [-0.39, 0.29) is 88.8 Å². The number of hydrogen-bond donors (Lipinski definition) is 0. The molecule has 0 aliphatic heterocycles. The van der Waals surface area contributed by atoms with Crippen molar-refractivity contribution in [3.8, 4) is 0 Å². The minimum Gasteiger partial charge on any atom is -0.870 e. The monoisotopic (exact) mass is 214 g/mol. The molecule has 0 atom stereocenters. The maximum Gasteiger partial charge on any atom is 2.00 e. The van der Waals surface area contributed by atoms with Gasteiger partial charge in [-0.3, -0.25) is 0 Å². The summed E-state index contributed by atoms with van der Waals surface area (Å²) in [6.07, 6.45) is -2.33. The second-order valence-electron chi connectivity index (χ2n) is 0.250. The minimum absolute atomic E-state index is 0. The van der Waals surface area contributed by atoms with Gasteiger partial charge in [0.05, 0.1) is 0 Å². The summed E-state index contributed by atoms with van der Waals surface area (Å²) in [6, 6.07) is 0. The van der Waals surface area contributed by atoms with E-state index in [0.29, 0.717) is 0 Å². The fourth-order valence-electron chi connectivity index (χ4n) is 0. The molecule has 0 aromatic heterocycles. The first-order valence-electron chi connectivity index (χ1n) is 0.612. The predicted octanol–water partition coefficient (Wildman–Crippen LogP) is -3.56. The van der Waals surface area contributed by atoms with Crippen LogP contribution in [0.25, 0.3) is 0 Å². The van der Waals surface area contributed by atoms with Crippen molar-refractivity contribution in [2.45, 2.75) is 0 Å². The van der Waals surface area contributed by atoms with Crippen LogP contribution in [0.5, 0.6) is 0 Å². The normalized spacial score (nSPS) is 2.67. The molecule has 9 heavy (non-hydrogen) atoms. The van der Waals surface area contributed by atoms with Crippen molar-refractivity contribution < 1.29 is 43.0 Å². The van der Waals surface area contributed by atoms with E-state index < -0.39 is 6.16 Å². The van der Waals surface area contributed by atoms with Crippen LogP contribution in [-0.4, -0.2) is 77.9 Å². The van der Waals surface area contributed by atoms with Crippen molar-refractivity contribution >= 4 is 66.9 Å². The smallest absolute Gasteiger partial charge is 0.870 e. The molecule has 0 spiro atoms. The summed E-state index contributed by atoms with van der Waals surface area (Å²) < 4.78 is 0. The molecule has 0 aliphatic rings. The Kier molecular flexibility index (Phi) is 167. The zero-order chi connectivity index (χ0) is 3.58. The fraction of sp³-hybridized carbons (Fsp3) is 0. The van der Waals surface area contributed by atoms with Gasteiger partial charge in [-0.25, -0.2) is 0 Å². The molecule has 0 radical (unpaired) electrons. The molecule has 0 heterocycles. The van der Waals surface area contributed by atoms with Crippen molar-refractivity contribution in [1.82, 2.24) is 0 Å². The van der Waals surface area contributed by atoms with Crippen molar-refractivity contribution in [3.05, 3.63) is 0 Å². The van der Waals surface area contributed by atoms with Crippen molar-refractivity contribution in [2.24, 2.45) is 0 Å². The van der Waals surface area contributed by atoms with Crippen molar-refractivity contribution in [1.29, 1.82) is 0 Å². The van der Waals surface area contributed by atoms with E-state index >= 15 is 0 Å². The Hall–Kier alpha value is 1.74. The van der Waals surface area contributed by atoms with Gasteiger partial charge in [0, 0.05) is 17.1 Å². The van der Waals surface area contributed by atoms with Crippen molar-refractivity contribution in [3.63, 3.8) is 0 Å². The number of carbonyl (C=O) groups is 1. The van der Waals surface area contributed by atoms with Gasteiger partial charge < -0.3 is 26.0 Å². The molecule has 2 N–H and O–H groups in total. The van der Waals surface area contributed by atoms with E-state index in [0.717, 1.165) is 0 Å². The molecule has 5 nitrogen and oxygen atoms in total. The van der Waals surface area contributed by atoms with Crippen LogP contribution < -0.4 is 10.2 Å². The maximum atomic E-state index is 8.33. The quantitative estimate of drug-likeness (QED) is 0.386. The molecule has 0 aliphatic carbocycles. The molecule has 0 saturated heterocycles. The fourth-order valence-corrected chi connectivity index (χ4v) is 0. The average Bonchev–Trinajstić information content (AvgIpc) is 0.811. The number of carbonyl (C=O) groups excluding carboxylic acids is 1. The van der Waals surface area contributed by atoms with E-state index in [1.807, 2.05) is 0 Å². The first-order valence-corrected chi connectivity index (χ1v) is 0.612. The van der Waals surface area contributed by atoms with E-state index in [9.17, 15) is 0 Å². The van der Waals surface area contributed by atoms with E-state index in [1.165, 1.54) is 0 Å². The van der Waals surface area contributed by atoms with E-state index in [1.54, 1.807) is 0 Å². The second kappa shape index (κ2) is 33.1. The van der Waals surface area contributed by atoms with Crippen LogP contribution >= 0.6 is 0 Å². The van der Waals surface area contributed by atoms with Crippen LogP contribution in [0.15, 0.2) is 0 Å². The van der Waals surface area contributed by atoms with Gasteiger partial charge in [0.1, 0.15) is 0 Å². The number of hydrogen-bond acceptors (Lipinski definition) is 5. The van der Waals surface area contributed by atoms with Gasteiger partial charge in [0.2, 0.25) is 0 Å². The Morgan fingerprint density at radius 3 is 1.11 bits per heavy atom. The van der Waals surface area contributed by atoms with Gasteiger partial charge in [-0.05, 0) is 6.16 Å². The minimum atomic E-state index is -2.33. The first-order chi connectivity index (χ1) is 1.73. The van der Waals surface area contributed by atoms with Crippen LogP contribution in [0.4, 0.5) is 4.79 Å². The van der Waals surface area contributed by atoms with E-state index in [4.69, 9.17) is 15.0 Å². The summed E-state index contributed by atoms with van der Waals surface area (Å²) in [5.41, 5.74) is 0. The number of carboxylic acid groups (broad SMARTS) is 2. The SMILES string of the molecule is O=C([O-])[O-].[Ca+2].[Fe].[Mg+2].[OH-].[OH-]. The molecule has 0 fully saturated rings. The largest absolute Gasteiger partial charge is 2.00 e. The van der Waals surface area contributed by atoms with Gasteiger partial charge >= 0.3 is 60.8 Å². The summed E-state index contributed by atoms with van der Waals surface area (Å²) >= 11 is 0. The van der Waals surface area contributed by atoms with Gasteiger partial charge in [-0.1, -0.05) is 0 Å². The molecule has 0 saturated carbocycles. The zero-order valence-electron chi connectivity index (χ0n) is 4.39. The number of rotatable bonds is 0. The van der Waals surface area contributed by atoms with Gasteiger partial charge in [-0.15, -0.1) is 0 Å². The molecule has 8 heteroatoms. The van der Waals surface area contributed by atoms with E-state index in [2.05, 4.69) is 0 Å². The Labute approximate surface area is 108 Å². The summed E-state index contributed by atoms with van der Waals surface area (Å²) in [5, 5.41) is 16.7. The standard InChI is InChI=1S/CH2O3.Ca.Fe.Mg.2H2O/c2-1(3)4;;;;;/h(H2,2,3,4);;;;2*1H2/q;+2;;+2;;/p-4. The molecule has 0 unspecified atom stereocenters. The molecule has 0 amide bonds. The molecule has 48 valence electrons. The first kappa shape index (κ1) is 45.4. The molecule has 0 bridgehead atoms. The Morgan fingerprint density at radius 2 is 1.11 bits per heavy atom. The van der Waals surface area contributed by atoms with Crippen LogP contribution in [0.2, 0.25) is 0 Å². The molecule has 0 rings (SSSR count). The Bertz CT molecular complexity index is 39.9. The van der Waals surface area contributed by atoms with Crippen LogP contribution in [0.1, 0.15) is 0 Å². The Morgan fingerprint density at radius 1 is 1.11 bits per heavy atom. The molecular weight excluding hydrogens is 212 g/mol. The predicted molar refractivity (Wildman–Crippen MR) is 20.8 cm³/mol. The summed E-state index contributed by atoms with van der Waals surface area (Å²) in [5.74, 6) is 0. The third-order valence-corrected chi connectivity index (χ3v) is 0. The van der Waals surface area contributed by atoms with Crippen LogP contribution in [-0.2, 0) is 17.1 Å². The van der Waals surface area contributed by atoms with Crippen molar-refractivity contribution in [2.75, 3.05) is 0 Å². The average molecular weight is 214 g/mol. The summed E-state index contributed by atoms with van der Waals surface area (Å²) in [4.78, 5) is 8.33. The topological polar surface area (TPSA) is 123 Å². The molecule has 0 aromatic rings. The van der Waals surface area contributed by atoms with Gasteiger partial charge in [0.15, 0.2) is 0 Å². The summed E-state index contributed by atoms with van der Waals surface area (Å²) in [6.45, 7) is 0. The maximum absolute atomic E-state index is 8.33. The van der Waals surface area contributed by atoms with Gasteiger partial charge in [0.25, 0.3) is 0 Å². The second-order valence-corrected chi connectivity index (χ2v) is 0.250. The molecule has 0 aromatic carbocycles. The third-order valence-electron chi connectivity index (χ3n) is 0. The van der Waals surface area contributed by atoms with Gasteiger partial charge in [-0.2, -0.15) is 0 Å². The zero-order valence-corrected chi connectivity index (χ0v) is 9.11. The van der Waals surface area contributed by atoms with Crippen LogP contribution in [0, 0.1) is 0 Å².